The van der Waals surface area contributed by atoms with Gasteiger partial charge < -0.3 is 15.2 Å². The van der Waals surface area contributed by atoms with Crippen molar-refractivity contribution >= 4 is 17.5 Å². The van der Waals surface area contributed by atoms with E-state index in [-0.39, 0.29) is 12.5 Å². The summed E-state index contributed by atoms with van der Waals surface area (Å²) in [5.74, 6) is 5.61. The zero-order chi connectivity index (χ0) is 15.1. The molecule has 21 heavy (non-hydrogen) atoms. The molecule has 0 aromatic heterocycles. The summed E-state index contributed by atoms with van der Waals surface area (Å²) in [6.45, 7) is 1.98. The molecule has 1 saturated heterocycles. The molecule has 0 atom stereocenters. The molecule has 2 N–H and O–H groups in total. The number of halogens is 1. The van der Waals surface area contributed by atoms with Crippen molar-refractivity contribution in [3.05, 3.63) is 34.3 Å². The van der Waals surface area contributed by atoms with Gasteiger partial charge in [0.15, 0.2) is 0 Å². The summed E-state index contributed by atoms with van der Waals surface area (Å²) in [5, 5.41) is 12.0. The Balaban J connectivity index is 1.94. The molecule has 0 bridgehead atoms. The normalized spacial score (nSPS) is 15.1. The van der Waals surface area contributed by atoms with Gasteiger partial charge in [0, 0.05) is 30.9 Å². The number of nitrogens with one attached hydrogen (secondary N) is 1. The number of benzene rings is 1. The minimum Gasteiger partial charge on any atom is -0.384 e. The van der Waals surface area contributed by atoms with Gasteiger partial charge in [0.05, 0.1) is 5.02 Å². The van der Waals surface area contributed by atoms with Crippen LogP contribution in [0.2, 0.25) is 5.02 Å². The fourth-order valence-electron chi connectivity index (χ4n) is 2.18. The van der Waals surface area contributed by atoms with Crippen molar-refractivity contribution in [2.45, 2.75) is 12.8 Å². The minimum atomic E-state index is -0.219. The van der Waals surface area contributed by atoms with E-state index >= 15 is 0 Å². The first-order chi connectivity index (χ1) is 10.2. The molecule has 0 saturated carbocycles. The van der Waals surface area contributed by atoms with Gasteiger partial charge in [-0.15, -0.1) is 0 Å². The highest BCUT2D eigenvalue weighted by atomic mass is 35.5. The van der Waals surface area contributed by atoms with Gasteiger partial charge in [0.25, 0.3) is 5.91 Å². The first kappa shape index (κ1) is 15.8. The Morgan fingerprint density at radius 2 is 2.19 bits per heavy atom. The van der Waals surface area contributed by atoms with Crippen molar-refractivity contribution in [3.8, 4) is 11.8 Å². The number of hydrogen-bond donors (Lipinski definition) is 2. The fourth-order valence-corrected chi connectivity index (χ4v) is 2.41. The Bertz CT molecular complexity index is 556. The van der Waals surface area contributed by atoms with E-state index in [4.69, 9.17) is 21.4 Å². The molecular formula is C16H18ClNO3. The molecule has 0 unspecified atom stereocenters. The number of amides is 1. The van der Waals surface area contributed by atoms with Crippen molar-refractivity contribution in [1.82, 2.24) is 5.32 Å². The monoisotopic (exact) mass is 307 g/mol. The predicted molar refractivity (Wildman–Crippen MR) is 81.3 cm³/mol. The van der Waals surface area contributed by atoms with Gasteiger partial charge in [0.1, 0.15) is 6.61 Å². The maximum absolute atomic E-state index is 12.1. The van der Waals surface area contributed by atoms with Crippen LogP contribution in [0.15, 0.2) is 18.2 Å². The average molecular weight is 308 g/mol. The van der Waals surface area contributed by atoms with E-state index in [9.17, 15) is 4.79 Å². The molecule has 1 amide bonds. The highest BCUT2D eigenvalue weighted by Crippen LogP contribution is 2.18. The SMILES string of the molecule is O=C(NCC1CCOCC1)c1ccc(C#CCO)c(Cl)c1. The molecule has 0 aliphatic carbocycles. The van der Waals surface area contributed by atoms with E-state index in [1.165, 1.54) is 0 Å². The Kier molecular flexibility index (Phi) is 6.06. The van der Waals surface area contributed by atoms with Crippen LogP contribution in [-0.2, 0) is 4.74 Å². The summed E-state index contributed by atoms with van der Waals surface area (Å²) >= 11 is 6.08. The third kappa shape index (κ3) is 4.75. The first-order valence-corrected chi connectivity index (χ1v) is 7.33. The number of rotatable bonds is 3. The molecule has 1 fully saturated rings. The fraction of sp³-hybridized carbons (Fsp3) is 0.438. The van der Waals surface area contributed by atoms with Crippen LogP contribution in [0, 0.1) is 17.8 Å². The molecule has 1 aliphatic rings. The third-order valence-electron chi connectivity index (χ3n) is 3.43. The number of carbonyl (C=O) groups is 1. The molecule has 4 nitrogen and oxygen atoms in total. The molecule has 112 valence electrons. The quantitative estimate of drug-likeness (QED) is 0.838. The number of ether oxygens (including phenoxy) is 1. The second-order valence-corrected chi connectivity index (χ2v) is 5.33. The predicted octanol–water partition coefficient (Wildman–Crippen LogP) is 1.84. The molecule has 1 aliphatic heterocycles. The Morgan fingerprint density at radius 1 is 1.43 bits per heavy atom. The summed E-state index contributed by atoms with van der Waals surface area (Å²) < 4.78 is 5.29. The summed E-state index contributed by atoms with van der Waals surface area (Å²) in [5.41, 5.74) is 1.12. The van der Waals surface area contributed by atoms with Gasteiger partial charge in [-0.1, -0.05) is 23.4 Å². The van der Waals surface area contributed by atoms with Crippen molar-refractivity contribution in [2.24, 2.45) is 5.92 Å². The molecule has 0 radical (unpaired) electrons. The van der Waals surface area contributed by atoms with Gasteiger partial charge in [-0.05, 0) is 37.0 Å². The highest BCUT2D eigenvalue weighted by Gasteiger charge is 2.15. The van der Waals surface area contributed by atoms with Crippen LogP contribution >= 0.6 is 11.6 Å². The van der Waals surface area contributed by atoms with Crippen molar-refractivity contribution in [2.75, 3.05) is 26.4 Å². The van der Waals surface area contributed by atoms with Gasteiger partial charge in [-0.2, -0.15) is 0 Å². The lowest BCUT2D eigenvalue weighted by molar-refractivity contribution is 0.0642. The van der Waals surface area contributed by atoms with E-state index < -0.39 is 0 Å². The largest absolute Gasteiger partial charge is 0.384 e. The van der Waals surface area contributed by atoms with Crippen LogP contribution in [0.1, 0.15) is 28.8 Å². The van der Waals surface area contributed by atoms with Gasteiger partial charge in [-0.25, -0.2) is 0 Å². The summed E-state index contributed by atoms with van der Waals surface area (Å²) in [6, 6.07) is 4.98. The maximum atomic E-state index is 12.1. The lowest BCUT2D eigenvalue weighted by atomic mass is 10.0. The average Bonchev–Trinajstić information content (AvgIpc) is 2.52. The second-order valence-electron chi connectivity index (χ2n) is 4.92. The van der Waals surface area contributed by atoms with Gasteiger partial charge in [0.2, 0.25) is 0 Å². The molecular weight excluding hydrogens is 290 g/mol. The minimum absolute atomic E-state index is 0.134. The van der Waals surface area contributed by atoms with E-state index in [1.54, 1.807) is 18.2 Å². The molecule has 0 spiro atoms. The summed E-state index contributed by atoms with van der Waals surface area (Å²) in [6.07, 6.45) is 1.97. The van der Waals surface area contributed by atoms with E-state index in [1.807, 2.05) is 0 Å². The topological polar surface area (TPSA) is 58.6 Å². The van der Waals surface area contributed by atoms with E-state index in [0.29, 0.717) is 28.6 Å². The third-order valence-corrected chi connectivity index (χ3v) is 3.74. The first-order valence-electron chi connectivity index (χ1n) is 6.96. The Labute approximate surface area is 129 Å². The summed E-state index contributed by atoms with van der Waals surface area (Å²) in [4.78, 5) is 12.1. The van der Waals surface area contributed by atoms with Crippen molar-refractivity contribution < 1.29 is 14.6 Å². The molecule has 1 aromatic carbocycles. The number of carbonyl (C=O) groups excluding carboxylic acids is 1. The summed E-state index contributed by atoms with van der Waals surface area (Å²) in [7, 11) is 0. The standard InChI is InChI=1S/C16H18ClNO3/c17-15-10-14(4-3-13(15)2-1-7-19)16(20)18-11-12-5-8-21-9-6-12/h3-4,10,12,19H,5-9,11H2,(H,18,20). The highest BCUT2D eigenvalue weighted by molar-refractivity contribution is 6.32. The lowest BCUT2D eigenvalue weighted by Crippen LogP contribution is -2.32. The van der Waals surface area contributed by atoms with Crippen molar-refractivity contribution in [1.29, 1.82) is 0 Å². The van der Waals surface area contributed by atoms with Gasteiger partial charge in [-0.3, -0.25) is 4.79 Å². The number of aliphatic hydroxyl groups is 1. The molecule has 2 rings (SSSR count). The Morgan fingerprint density at radius 3 is 2.86 bits per heavy atom. The van der Waals surface area contributed by atoms with Crippen LogP contribution in [-0.4, -0.2) is 37.4 Å². The molecule has 5 heteroatoms. The number of aliphatic hydroxyl groups excluding tert-OH is 1. The zero-order valence-corrected chi connectivity index (χ0v) is 12.4. The maximum Gasteiger partial charge on any atom is 0.251 e. The smallest absolute Gasteiger partial charge is 0.251 e. The lowest BCUT2D eigenvalue weighted by Gasteiger charge is -2.22. The van der Waals surface area contributed by atoms with Crippen LogP contribution in [0.3, 0.4) is 0 Å². The second kappa shape index (κ2) is 8.04. The van der Waals surface area contributed by atoms with Crippen LogP contribution in [0.5, 0.6) is 0 Å². The Hall–Kier alpha value is -1.54. The van der Waals surface area contributed by atoms with Gasteiger partial charge >= 0.3 is 0 Å². The molecule has 1 heterocycles. The number of hydrogen-bond acceptors (Lipinski definition) is 3. The van der Waals surface area contributed by atoms with Crippen LogP contribution in [0.4, 0.5) is 0 Å². The zero-order valence-electron chi connectivity index (χ0n) is 11.7. The van der Waals surface area contributed by atoms with Crippen molar-refractivity contribution in [3.63, 3.8) is 0 Å². The molecule has 1 aromatic rings. The van der Waals surface area contributed by atoms with Crippen LogP contribution in [0.25, 0.3) is 0 Å². The van der Waals surface area contributed by atoms with E-state index in [2.05, 4.69) is 17.2 Å². The van der Waals surface area contributed by atoms with E-state index in [0.717, 1.165) is 26.1 Å². The van der Waals surface area contributed by atoms with Crippen LogP contribution < -0.4 is 5.32 Å².